The number of anilines is 2. The number of carbonyl (C=O) groups is 1. The highest BCUT2D eigenvalue weighted by molar-refractivity contribution is 7.92. The number of carbonyl (C=O) groups excluding carboxylic acids is 1. The summed E-state index contributed by atoms with van der Waals surface area (Å²) in [5.41, 5.74) is 0.444. The van der Waals surface area contributed by atoms with Crippen LogP contribution in [0.5, 0.6) is 5.75 Å². The third-order valence-corrected chi connectivity index (χ3v) is 5.97. The Morgan fingerprint density at radius 3 is 2.10 bits per heavy atom. The van der Waals surface area contributed by atoms with Crippen molar-refractivity contribution in [2.75, 3.05) is 23.3 Å². The lowest BCUT2D eigenvalue weighted by Crippen LogP contribution is -2.38. The molecule has 0 saturated heterocycles. The van der Waals surface area contributed by atoms with Crippen molar-refractivity contribution in [3.05, 3.63) is 84.4 Å². The molecule has 0 atom stereocenters. The van der Waals surface area contributed by atoms with E-state index in [2.05, 4.69) is 5.32 Å². The van der Waals surface area contributed by atoms with Crippen molar-refractivity contribution in [3.8, 4) is 5.75 Å². The molecule has 156 valence electrons. The predicted molar refractivity (Wildman–Crippen MR) is 109 cm³/mol. The van der Waals surface area contributed by atoms with Gasteiger partial charge in [-0.1, -0.05) is 12.1 Å². The molecule has 1 N–H and O–H groups in total. The number of para-hydroxylation sites is 2. The number of rotatable bonds is 7. The fourth-order valence-electron chi connectivity index (χ4n) is 2.72. The molecule has 0 radical (unpaired) electrons. The summed E-state index contributed by atoms with van der Waals surface area (Å²) in [7, 11) is -2.80. The summed E-state index contributed by atoms with van der Waals surface area (Å²) in [5.74, 6) is -1.40. The Kier molecular flexibility index (Phi) is 6.31. The van der Waals surface area contributed by atoms with E-state index in [9.17, 15) is 22.0 Å². The van der Waals surface area contributed by atoms with Crippen molar-refractivity contribution < 1.29 is 26.7 Å². The summed E-state index contributed by atoms with van der Waals surface area (Å²) in [6.45, 7) is -0.594. The Labute approximate surface area is 172 Å². The lowest BCUT2D eigenvalue weighted by Gasteiger charge is -2.24. The summed E-state index contributed by atoms with van der Waals surface area (Å²) >= 11 is 0. The summed E-state index contributed by atoms with van der Waals surface area (Å²) in [4.78, 5) is 12.4. The number of sulfonamides is 1. The number of nitrogens with one attached hydrogen (secondary N) is 1. The van der Waals surface area contributed by atoms with Gasteiger partial charge in [0.1, 0.15) is 23.9 Å². The predicted octanol–water partition coefficient (Wildman–Crippen LogP) is 3.81. The zero-order chi connectivity index (χ0) is 21.7. The van der Waals surface area contributed by atoms with Crippen molar-refractivity contribution in [3.63, 3.8) is 0 Å². The van der Waals surface area contributed by atoms with E-state index >= 15 is 0 Å². The largest absolute Gasteiger partial charge is 0.495 e. The van der Waals surface area contributed by atoms with E-state index in [1.807, 2.05) is 0 Å². The van der Waals surface area contributed by atoms with Crippen LogP contribution in [0.3, 0.4) is 0 Å². The molecule has 6 nitrogen and oxygen atoms in total. The van der Waals surface area contributed by atoms with E-state index in [1.165, 1.54) is 19.2 Å². The van der Waals surface area contributed by atoms with Gasteiger partial charge in [0.05, 0.1) is 23.4 Å². The second-order valence-electron chi connectivity index (χ2n) is 6.19. The summed E-state index contributed by atoms with van der Waals surface area (Å²) in [6.07, 6.45) is 0. The first-order valence-electron chi connectivity index (χ1n) is 8.78. The number of ether oxygens (including phenoxy) is 1. The van der Waals surface area contributed by atoms with Crippen molar-refractivity contribution in [2.24, 2.45) is 0 Å². The Morgan fingerprint density at radius 1 is 0.933 bits per heavy atom. The van der Waals surface area contributed by atoms with Gasteiger partial charge in [-0.05, 0) is 60.7 Å². The molecule has 3 aromatic rings. The van der Waals surface area contributed by atoms with E-state index in [1.54, 1.807) is 24.3 Å². The van der Waals surface area contributed by atoms with Crippen LogP contribution in [0, 0.1) is 11.6 Å². The molecule has 3 aromatic carbocycles. The monoisotopic (exact) mass is 432 g/mol. The van der Waals surface area contributed by atoms with Crippen LogP contribution in [-0.4, -0.2) is 28.0 Å². The zero-order valence-corrected chi connectivity index (χ0v) is 16.7. The summed E-state index contributed by atoms with van der Waals surface area (Å²) in [5, 5.41) is 2.60. The maximum atomic E-state index is 13.3. The average Bonchev–Trinajstić information content (AvgIpc) is 2.73. The maximum absolute atomic E-state index is 13.3. The quantitative estimate of drug-likeness (QED) is 0.616. The number of nitrogens with zero attached hydrogens (tertiary/aromatic N) is 1. The van der Waals surface area contributed by atoms with Gasteiger partial charge in [0.25, 0.3) is 10.0 Å². The van der Waals surface area contributed by atoms with E-state index in [-0.39, 0.29) is 10.6 Å². The SMILES string of the molecule is COc1ccccc1NC(=O)CN(c1ccc(F)cc1)S(=O)(=O)c1ccc(F)cc1. The highest BCUT2D eigenvalue weighted by Crippen LogP contribution is 2.26. The van der Waals surface area contributed by atoms with Crippen molar-refractivity contribution in [2.45, 2.75) is 4.90 Å². The minimum absolute atomic E-state index is 0.0795. The highest BCUT2D eigenvalue weighted by Gasteiger charge is 2.27. The topological polar surface area (TPSA) is 75.7 Å². The number of benzene rings is 3. The third-order valence-electron chi connectivity index (χ3n) is 4.18. The van der Waals surface area contributed by atoms with Crippen LogP contribution in [0.15, 0.2) is 77.7 Å². The number of hydrogen-bond donors (Lipinski definition) is 1. The van der Waals surface area contributed by atoms with Crippen molar-refractivity contribution in [1.29, 1.82) is 0 Å². The lowest BCUT2D eigenvalue weighted by atomic mass is 10.3. The summed E-state index contributed by atoms with van der Waals surface area (Å²) in [6, 6.07) is 15.5. The van der Waals surface area contributed by atoms with Crippen LogP contribution >= 0.6 is 0 Å². The van der Waals surface area contributed by atoms with Gasteiger partial charge in [-0.25, -0.2) is 17.2 Å². The number of amides is 1. The van der Waals surface area contributed by atoms with Gasteiger partial charge in [0, 0.05) is 0 Å². The molecule has 30 heavy (non-hydrogen) atoms. The van der Waals surface area contributed by atoms with Gasteiger partial charge in [-0.15, -0.1) is 0 Å². The standard InChI is InChI=1S/C21H18F2N2O4S/c1-29-20-5-3-2-4-19(20)24-21(26)14-25(17-10-6-15(22)7-11-17)30(27,28)18-12-8-16(23)9-13-18/h2-13H,14H2,1H3,(H,24,26). The molecule has 1 amide bonds. The van der Waals surface area contributed by atoms with Crippen LogP contribution < -0.4 is 14.4 Å². The molecule has 3 rings (SSSR count). The minimum Gasteiger partial charge on any atom is -0.495 e. The van der Waals surface area contributed by atoms with Crippen molar-refractivity contribution >= 4 is 27.3 Å². The fraction of sp³-hybridized carbons (Fsp3) is 0.0952. The first kappa shape index (κ1) is 21.3. The van der Waals surface area contributed by atoms with E-state index in [0.717, 1.165) is 40.7 Å². The van der Waals surface area contributed by atoms with Crippen LogP contribution in [-0.2, 0) is 14.8 Å². The molecule has 0 aromatic heterocycles. The van der Waals surface area contributed by atoms with Crippen LogP contribution in [0.2, 0.25) is 0 Å². The lowest BCUT2D eigenvalue weighted by molar-refractivity contribution is -0.114. The Morgan fingerprint density at radius 2 is 1.50 bits per heavy atom. The Balaban J connectivity index is 1.94. The first-order chi connectivity index (χ1) is 14.3. The molecule has 0 unspecified atom stereocenters. The van der Waals surface area contributed by atoms with Crippen LogP contribution in [0.25, 0.3) is 0 Å². The minimum atomic E-state index is -4.23. The van der Waals surface area contributed by atoms with Gasteiger partial charge in [0.15, 0.2) is 0 Å². The normalized spacial score (nSPS) is 11.0. The molecule has 0 spiro atoms. The number of methoxy groups -OCH3 is 1. The molecular weight excluding hydrogens is 414 g/mol. The first-order valence-corrected chi connectivity index (χ1v) is 10.2. The molecule has 0 aliphatic rings. The third kappa shape index (κ3) is 4.74. The molecule has 0 saturated carbocycles. The summed E-state index contributed by atoms with van der Waals surface area (Å²) < 4.78 is 58.9. The van der Waals surface area contributed by atoms with Gasteiger partial charge in [0.2, 0.25) is 5.91 Å². The van der Waals surface area contributed by atoms with Gasteiger partial charge >= 0.3 is 0 Å². The van der Waals surface area contributed by atoms with Gasteiger partial charge in [-0.2, -0.15) is 0 Å². The van der Waals surface area contributed by atoms with E-state index in [0.29, 0.717) is 11.4 Å². The van der Waals surface area contributed by atoms with E-state index in [4.69, 9.17) is 4.74 Å². The Hall–Kier alpha value is -3.46. The number of hydrogen-bond acceptors (Lipinski definition) is 4. The molecule has 0 bridgehead atoms. The van der Waals surface area contributed by atoms with Crippen LogP contribution in [0.4, 0.5) is 20.2 Å². The molecule has 0 aliphatic carbocycles. The maximum Gasteiger partial charge on any atom is 0.264 e. The van der Waals surface area contributed by atoms with Crippen LogP contribution in [0.1, 0.15) is 0 Å². The molecule has 0 heterocycles. The smallest absolute Gasteiger partial charge is 0.264 e. The Bertz CT molecular complexity index is 1130. The molecule has 9 heteroatoms. The molecule has 0 fully saturated rings. The van der Waals surface area contributed by atoms with Gasteiger partial charge < -0.3 is 10.1 Å². The fourth-order valence-corrected chi connectivity index (χ4v) is 4.15. The molecule has 0 aliphatic heterocycles. The zero-order valence-electron chi connectivity index (χ0n) is 15.9. The van der Waals surface area contributed by atoms with Gasteiger partial charge in [-0.3, -0.25) is 9.10 Å². The molecular formula is C21H18F2N2O4S. The second-order valence-corrected chi connectivity index (χ2v) is 8.05. The highest BCUT2D eigenvalue weighted by atomic mass is 32.2. The average molecular weight is 432 g/mol. The second kappa shape index (κ2) is 8.91. The van der Waals surface area contributed by atoms with E-state index < -0.39 is 34.1 Å². The van der Waals surface area contributed by atoms with Crippen molar-refractivity contribution in [1.82, 2.24) is 0 Å². The number of halogens is 2.